The van der Waals surface area contributed by atoms with Crippen LogP contribution in [0.2, 0.25) is 5.15 Å². The van der Waals surface area contributed by atoms with Crippen molar-refractivity contribution in [1.29, 1.82) is 0 Å². The molecule has 0 spiro atoms. The second-order valence-corrected chi connectivity index (χ2v) is 6.13. The molecule has 0 aliphatic carbocycles. The van der Waals surface area contributed by atoms with E-state index >= 15 is 0 Å². The molecule has 2 aromatic heterocycles. The van der Waals surface area contributed by atoms with Gasteiger partial charge in [-0.05, 0) is 11.0 Å². The zero-order valence-corrected chi connectivity index (χ0v) is 12.4. The maximum atomic E-state index is 6.24. The Balaban J connectivity index is 2.33. The zero-order valence-electron chi connectivity index (χ0n) is 11.6. The van der Waals surface area contributed by atoms with E-state index in [0.717, 1.165) is 11.4 Å². The molecule has 5 heteroatoms. The molecule has 3 rings (SSSR count). The van der Waals surface area contributed by atoms with E-state index in [1.54, 1.807) is 12.4 Å². The minimum Gasteiger partial charge on any atom is -0.262 e. The van der Waals surface area contributed by atoms with Gasteiger partial charge in [-0.15, -0.1) is 10.2 Å². The van der Waals surface area contributed by atoms with Gasteiger partial charge in [0.25, 0.3) is 0 Å². The SMILES string of the molecule is CC(C)(C)c1ccccc1-c1nnc2cncc(Cl)n12. The topological polar surface area (TPSA) is 43.1 Å². The predicted octanol–water partition coefficient (Wildman–Crippen LogP) is 3.74. The molecule has 4 nitrogen and oxygen atoms in total. The minimum atomic E-state index is 0.0158. The van der Waals surface area contributed by atoms with E-state index in [-0.39, 0.29) is 5.41 Å². The molecule has 0 aliphatic heterocycles. The third-order valence-corrected chi connectivity index (χ3v) is 3.52. The molecular formula is C15H15ClN4. The largest absolute Gasteiger partial charge is 0.262 e. The van der Waals surface area contributed by atoms with Crippen LogP contribution >= 0.6 is 11.6 Å². The summed E-state index contributed by atoms with van der Waals surface area (Å²) >= 11 is 6.24. The summed E-state index contributed by atoms with van der Waals surface area (Å²) in [6, 6.07) is 8.20. The van der Waals surface area contributed by atoms with Crippen LogP contribution in [-0.2, 0) is 5.41 Å². The van der Waals surface area contributed by atoms with E-state index in [1.165, 1.54) is 5.56 Å². The van der Waals surface area contributed by atoms with Gasteiger partial charge < -0.3 is 0 Å². The molecule has 0 bridgehead atoms. The van der Waals surface area contributed by atoms with Crippen molar-refractivity contribution in [3.8, 4) is 11.4 Å². The van der Waals surface area contributed by atoms with Crippen molar-refractivity contribution in [2.24, 2.45) is 0 Å². The van der Waals surface area contributed by atoms with Crippen molar-refractivity contribution in [2.75, 3.05) is 0 Å². The fourth-order valence-electron chi connectivity index (χ4n) is 2.32. The fraction of sp³-hybridized carbons (Fsp3) is 0.267. The maximum absolute atomic E-state index is 6.24. The highest BCUT2D eigenvalue weighted by molar-refractivity contribution is 6.29. The van der Waals surface area contributed by atoms with Gasteiger partial charge in [0.05, 0.1) is 12.4 Å². The van der Waals surface area contributed by atoms with Crippen molar-refractivity contribution in [2.45, 2.75) is 26.2 Å². The van der Waals surface area contributed by atoms with Crippen molar-refractivity contribution >= 4 is 17.2 Å². The maximum Gasteiger partial charge on any atom is 0.180 e. The summed E-state index contributed by atoms with van der Waals surface area (Å²) in [6.07, 6.45) is 3.25. The molecule has 0 N–H and O–H groups in total. The Hall–Kier alpha value is -1.94. The molecule has 0 saturated heterocycles. The highest BCUT2D eigenvalue weighted by atomic mass is 35.5. The third kappa shape index (κ3) is 2.06. The average Bonchev–Trinajstić information content (AvgIpc) is 2.83. The highest BCUT2D eigenvalue weighted by Gasteiger charge is 2.21. The molecule has 0 atom stereocenters. The van der Waals surface area contributed by atoms with Crippen molar-refractivity contribution in [3.05, 3.63) is 47.4 Å². The van der Waals surface area contributed by atoms with Gasteiger partial charge in [0.1, 0.15) is 5.15 Å². The van der Waals surface area contributed by atoms with Gasteiger partial charge in [-0.1, -0.05) is 56.6 Å². The van der Waals surface area contributed by atoms with Crippen LogP contribution in [0.25, 0.3) is 17.0 Å². The van der Waals surface area contributed by atoms with Crippen LogP contribution in [0.3, 0.4) is 0 Å². The molecule has 0 radical (unpaired) electrons. The molecule has 0 aliphatic rings. The molecule has 20 heavy (non-hydrogen) atoms. The number of fused-ring (bicyclic) bond motifs is 1. The van der Waals surface area contributed by atoms with Gasteiger partial charge in [0.15, 0.2) is 11.5 Å². The third-order valence-electron chi connectivity index (χ3n) is 3.25. The molecule has 0 amide bonds. The molecular weight excluding hydrogens is 272 g/mol. The second kappa shape index (κ2) is 4.56. The fourth-order valence-corrected chi connectivity index (χ4v) is 2.54. The molecule has 2 heterocycles. The van der Waals surface area contributed by atoms with Crippen LogP contribution in [0.4, 0.5) is 0 Å². The summed E-state index contributed by atoms with van der Waals surface area (Å²) in [4.78, 5) is 4.04. The number of hydrogen-bond donors (Lipinski definition) is 0. The summed E-state index contributed by atoms with van der Waals surface area (Å²) in [7, 11) is 0. The van der Waals surface area contributed by atoms with E-state index in [2.05, 4.69) is 42.0 Å². The highest BCUT2D eigenvalue weighted by Crippen LogP contribution is 2.32. The molecule has 102 valence electrons. The van der Waals surface area contributed by atoms with Crippen LogP contribution < -0.4 is 0 Å². The quantitative estimate of drug-likeness (QED) is 0.684. The Labute approximate surface area is 122 Å². The second-order valence-electron chi connectivity index (χ2n) is 5.74. The normalized spacial score (nSPS) is 12.0. The Bertz CT molecular complexity index is 771. The first-order chi connectivity index (χ1) is 9.48. The van der Waals surface area contributed by atoms with Gasteiger partial charge in [-0.2, -0.15) is 0 Å². The molecule has 3 aromatic rings. The summed E-state index contributed by atoms with van der Waals surface area (Å²) in [6.45, 7) is 6.54. The van der Waals surface area contributed by atoms with E-state index in [1.807, 2.05) is 22.6 Å². The Kier molecular flexibility index (Phi) is 2.98. The standard InChI is InChI=1S/C15H15ClN4/c1-15(2,3)11-7-5-4-6-10(11)14-19-18-13-9-17-8-12(16)20(13)14/h4-9H,1-3H3. The summed E-state index contributed by atoms with van der Waals surface area (Å²) in [5.41, 5.74) is 2.92. The Morgan fingerprint density at radius 1 is 1.05 bits per heavy atom. The van der Waals surface area contributed by atoms with Crippen molar-refractivity contribution in [1.82, 2.24) is 19.6 Å². The first-order valence-corrected chi connectivity index (χ1v) is 6.81. The van der Waals surface area contributed by atoms with E-state index in [4.69, 9.17) is 11.6 Å². The average molecular weight is 287 g/mol. The van der Waals surface area contributed by atoms with Gasteiger partial charge in [0.2, 0.25) is 0 Å². The number of aromatic nitrogens is 4. The van der Waals surface area contributed by atoms with Crippen LogP contribution in [0, 0.1) is 0 Å². The zero-order chi connectivity index (χ0) is 14.3. The molecule has 0 unspecified atom stereocenters. The first-order valence-electron chi connectivity index (χ1n) is 6.43. The van der Waals surface area contributed by atoms with Crippen LogP contribution in [0.15, 0.2) is 36.7 Å². The monoisotopic (exact) mass is 286 g/mol. The van der Waals surface area contributed by atoms with Crippen molar-refractivity contribution in [3.63, 3.8) is 0 Å². The predicted molar refractivity (Wildman–Crippen MR) is 79.9 cm³/mol. The minimum absolute atomic E-state index is 0.0158. The number of hydrogen-bond acceptors (Lipinski definition) is 3. The lowest BCUT2D eigenvalue weighted by atomic mass is 9.83. The van der Waals surface area contributed by atoms with Crippen LogP contribution in [0.5, 0.6) is 0 Å². The molecule has 0 saturated carbocycles. The number of nitrogens with zero attached hydrogens (tertiary/aromatic N) is 4. The first kappa shape index (κ1) is 13.1. The van der Waals surface area contributed by atoms with Gasteiger partial charge >= 0.3 is 0 Å². The number of rotatable bonds is 1. The summed E-state index contributed by atoms with van der Waals surface area (Å²) in [5.74, 6) is 0.748. The lowest BCUT2D eigenvalue weighted by Crippen LogP contribution is -2.13. The van der Waals surface area contributed by atoms with Gasteiger partial charge in [-0.3, -0.25) is 9.38 Å². The van der Waals surface area contributed by atoms with Gasteiger partial charge in [-0.25, -0.2) is 0 Å². The van der Waals surface area contributed by atoms with Crippen LogP contribution in [-0.4, -0.2) is 19.6 Å². The van der Waals surface area contributed by atoms with E-state index in [9.17, 15) is 0 Å². The van der Waals surface area contributed by atoms with Crippen molar-refractivity contribution < 1.29 is 0 Å². The summed E-state index contributed by atoms with van der Waals surface area (Å²) < 4.78 is 1.82. The Morgan fingerprint density at radius 2 is 1.80 bits per heavy atom. The summed E-state index contributed by atoms with van der Waals surface area (Å²) in [5, 5.41) is 8.94. The van der Waals surface area contributed by atoms with E-state index < -0.39 is 0 Å². The van der Waals surface area contributed by atoms with Crippen LogP contribution in [0.1, 0.15) is 26.3 Å². The lowest BCUT2D eigenvalue weighted by molar-refractivity contribution is 0.591. The Morgan fingerprint density at radius 3 is 2.55 bits per heavy atom. The number of benzene rings is 1. The lowest BCUT2D eigenvalue weighted by Gasteiger charge is -2.22. The van der Waals surface area contributed by atoms with Gasteiger partial charge in [0, 0.05) is 5.56 Å². The number of halogens is 1. The smallest absolute Gasteiger partial charge is 0.180 e. The van der Waals surface area contributed by atoms with E-state index in [0.29, 0.717) is 10.8 Å². The molecule has 0 fully saturated rings. The molecule has 1 aromatic carbocycles.